The first-order valence-electron chi connectivity index (χ1n) is 9.24. The number of nitrogens with one attached hydrogen (secondary N) is 2. The second-order valence-electron chi connectivity index (χ2n) is 6.56. The second kappa shape index (κ2) is 8.07. The van der Waals surface area contributed by atoms with Gasteiger partial charge in [0.05, 0.1) is 22.3 Å². The van der Waals surface area contributed by atoms with Crippen molar-refractivity contribution < 1.29 is 9.90 Å². The number of fused-ring (bicyclic) bond motifs is 1. The van der Waals surface area contributed by atoms with Crippen LogP contribution in [0.5, 0.6) is 0 Å². The number of aryl methyl sites for hydroxylation is 1. The number of rotatable bonds is 8. The zero-order valence-corrected chi connectivity index (χ0v) is 15.9. The summed E-state index contributed by atoms with van der Waals surface area (Å²) in [5.74, 6) is 0.314. The van der Waals surface area contributed by atoms with Crippen LogP contribution in [0.25, 0.3) is 11.0 Å². The molecule has 0 spiro atoms. The molecule has 0 aliphatic carbocycles. The summed E-state index contributed by atoms with van der Waals surface area (Å²) in [6, 6.07) is 7.36. The summed E-state index contributed by atoms with van der Waals surface area (Å²) in [5.41, 5.74) is 3.41. The molecule has 2 heterocycles. The Labute approximate surface area is 158 Å². The van der Waals surface area contributed by atoms with Crippen molar-refractivity contribution in [2.75, 3.05) is 23.3 Å². The summed E-state index contributed by atoms with van der Waals surface area (Å²) < 4.78 is 0. The molecule has 0 bridgehead atoms. The van der Waals surface area contributed by atoms with Gasteiger partial charge in [-0.3, -0.25) is 0 Å². The van der Waals surface area contributed by atoms with Crippen molar-refractivity contribution in [3.8, 4) is 0 Å². The third-order valence-corrected chi connectivity index (χ3v) is 4.40. The predicted molar refractivity (Wildman–Crippen MR) is 108 cm³/mol. The van der Waals surface area contributed by atoms with Gasteiger partial charge in [-0.1, -0.05) is 19.9 Å². The Morgan fingerprint density at radius 1 is 1.26 bits per heavy atom. The normalized spacial score (nSPS) is 10.9. The zero-order chi connectivity index (χ0) is 19.4. The first-order valence-corrected chi connectivity index (χ1v) is 9.24. The molecule has 0 radical (unpaired) electrons. The topological polar surface area (TPSA) is 94.1 Å². The Bertz CT molecular complexity index is 945. The fourth-order valence-electron chi connectivity index (χ4n) is 3.16. The summed E-state index contributed by atoms with van der Waals surface area (Å²) in [5, 5.41) is 12.9. The number of imidazole rings is 1. The molecule has 3 aromatic rings. The number of carboxylic acid groups (broad SMARTS) is 1. The van der Waals surface area contributed by atoms with E-state index in [1.54, 1.807) is 12.3 Å². The molecule has 0 aliphatic rings. The molecular weight excluding hydrogens is 342 g/mol. The molecule has 0 amide bonds. The highest BCUT2D eigenvalue weighted by atomic mass is 16.4. The lowest BCUT2D eigenvalue weighted by Crippen LogP contribution is -2.26. The molecular formula is C20H25N5O2. The van der Waals surface area contributed by atoms with Crippen molar-refractivity contribution in [2.45, 2.75) is 33.6 Å². The van der Waals surface area contributed by atoms with Gasteiger partial charge < -0.3 is 20.3 Å². The summed E-state index contributed by atoms with van der Waals surface area (Å²) in [7, 11) is 0. The largest absolute Gasteiger partial charge is 0.478 e. The van der Waals surface area contributed by atoms with E-state index < -0.39 is 5.97 Å². The number of H-pyrrole nitrogens is 1. The van der Waals surface area contributed by atoms with Gasteiger partial charge >= 0.3 is 5.97 Å². The van der Waals surface area contributed by atoms with Crippen LogP contribution in [0.15, 0.2) is 30.5 Å². The van der Waals surface area contributed by atoms with E-state index in [0.717, 1.165) is 42.7 Å². The number of pyridine rings is 1. The van der Waals surface area contributed by atoms with Gasteiger partial charge in [0.15, 0.2) is 0 Å². The van der Waals surface area contributed by atoms with Crippen LogP contribution in [0.2, 0.25) is 0 Å². The molecule has 27 heavy (non-hydrogen) atoms. The van der Waals surface area contributed by atoms with E-state index >= 15 is 0 Å². The minimum Gasteiger partial charge on any atom is -0.478 e. The van der Waals surface area contributed by atoms with E-state index in [1.165, 1.54) is 0 Å². The van der Waals surface area contributed by atoms with Gasteiger partial charge in [-0.25, -0.2) is 14.8 Å². The Balaban J connectivity index is 2.03. The Kier molecular flexibility index (Phi) is 5.59. The first kappa shape index (κ1) is 18.7. The van der Waals surface area contributed by atoms with Crippen LogP contribution < -0.4 is 10.2 Å². The van der Waals surface area contributed by atoms with Gasteiger partial charge in [0.1, 0.15) is 5.82 Å². The second-order valence-corrected chi connectivity index (χ2v) is 6.56. The summed E-state index contributed by atoms with van der Waals surface area (Å²) in [6.45, 7) is 7.77. The summed E-state index contributed by atoms with van der Waals surface area (Å²) in [6.07, 6.45) is 3.61. The quantitative estimate of drug-likeness (QED) is 0.548. The highest BCUT2D eigenvalue weighted by Crippen LogP contribution is 2.28. The molecule has 0 atom stereocenters. The molecule has 142 valence electrons. The Morgan fingerprint density at radius 3 is 2.63 bits per heavy atom. The van der Waals surface area contributed by atoms with Crippen molar-refractivity contribution in [1.82, 2.24) is 15.0 Å². The van der Waals surface area contributed by atoms with Crippen LogP contribution in [0.4, 0.5) is 17.5 Å². The van der Waals surface area contributed by atoms with Crippen LogP contribution in [0.3, 0.4) is 0 Å². The van der Waals surface area contributed by atoms with Gasteiger partial charge in [-0.2, -0.15) is 0 Å². The number of nitrogens with zero attached hydrogens (tertiary/aromatic N) is 3. The van der Waals surface area contributed by atoms with E-state index in [1.807, 2.05) is 25.1 Å². The molecule has 0 aliphatic heterocycles. The van der Waals surface area contributed by atoms with Gasteiger partial charge in [0.2, 0.25) is 5.95 Å². The SMILES string of the molecule is CCCN(CCC)c1cc2[nH]c(Nc3ncccc3C)nc2cc1C(=O)O. The van der Waals surface area contributed by atoms with Crippen LogP contribution in [0.1, 0.15) is 42.6 Å². The minimum atomic E-state index is -0.942. The third-order valence-electron chi connectivity index (χ3n) is 4.40. The first-order chi connectivity index (χ1) is 13.0. The molecule has 2 aromatic heterocycles. The molecule has 0 unspecified atom stereocenters. The van der Waals surface area contributed by atoms with Crippen molar-refractivity contribution >= 4 is 34.5 Å². The number of anilines is 3. The van der Waals surface area contributed by atoms with Gasteiger partial charge in [-0.15, -0.1) is 0 Å². The monoisotopic (exact) mass is 367 g/mol. The molecule has 0 fully saturated rings. The van der Waals surface area contributed by atoms with Crippen molar-refractivity contribution in [1.29, 1.82) is 0 Å². The van der Waals surface area contributed by atoms with Gasteiger partial charge in [0.25, 0.3) is 0 Å². The van der Waals surface area contributed by atoms with E-state index in [0.29, 0.717) is 17.3 Å². The lowest BCUT2D eigenvalue weighted by Gasteiger charge is -2.25. The number of hydrogen-bond donors (Lipinski definition) is 3. The highest BCUT2D eigenvalue weighted by Gasteiger charge is 2.18. The number of aromatic amines is 1. The highest BCUT2D eigenvalue weighted by molar-refractivity contribution is 6.00. The van der Waals surface area contributed by atoms with Crippen molar-refractivity contribution in [3.63, 3.8) is 0 Å². The van der Waals surface area contributed by atoms with E-state index in [9.17, 15) is 9.90 Å². The minimum absolute atomic E-state index is 0.275. The van der Waals surface area contributed by atoms with Crippen LogP contribution in [-0.4, -0.2) is 39.1 Å². The maximum Gasteiger partial charge on any atom is 0.337 e. The summed E-state index contributed by atoms with van der Waals surface area (Å²) >= 11 is 0. The number of hydrogen-bond acceptors (Lipinski definition) is 5. The molecule has 7 heteroatoms. The van der Waals surface area contributed by atoms with E-state index in [2.05, 4.69) is 39.0 Å². The van der Waals surface area contributed by atoms with Crippen molar-refractivity contribution in [2.24, 2.45) is 0 Å². The summed E-state index contributed by atoms with van der Waals surface area (Å²) in [4.78, 5) is 26.0. The smallest absolute Gasteiger partial charge is 0.337 e. The molecule has 3 rings (SSSR count). The molecule has 0 saturated heterocycles. The lowest BCUT2D eigenvalue weighted by atomic mass is 10.1. The third kappa shape index (κ3) is 4.02. The lowest BCUT2D eigenvalue weighted by molar-refractivity contribution is 0.0697. The van der Waals surface area contributed by atoms with E-state index in [4.69, 9.17) is 0 Å². The number of benzene rings is 1. The molecule has 7 nitrogen and oxygen atoms in total. The number of carboxylic acids is 1. The fourth-order valence-corrected chi connectivity index (χ4v) is 3.16. The Morgan fingerprint density at radius 2 is 2.00 bits per heavy atom. The zero-order valence-electron chi connectivity index (χ0n) is 15.9. The molecule has 3 N–H and O–H groups in total. The average Bonchev–Trinajstić information content (AvgIpc) is 3.03. The van der Waals surface area contributed by atoms with Crippen LogP contribution >= 0.6 is 0 Å². The average molecular weight is 367 g/mol. The number of carbonyl (C=O) groups is 1. The predicted octanol–water partition coefficient (Wildman–Crippen LogP) is 4.33. The van der Waals surface area contributed by atoms with Crippen LogP contribution in [0, 0.1) is 6.92 Å². The van der Waals surface area contributed by atoms with E-state index in [-0.39, 0.29) is 5.56 Å². The molecule has 1 aromatic carbocycles. The fraction of sp³-hybridized carbons (Fsp3) is 0.350. The number of aromatic carboxylic acids is 1. The maximum atomic E-state index is 11.8. The Hall–Kier alpha value is -3.09. The van der Waals surface area contributed by atoms with Gasteiger partial charge in [0, 0.05) is 19.3 Å². The van der Waals surface area contributed by atoms with Crippen LogP contribution in [-0.2, 0) is 0 Å². The standard InChI is InChI=1S/C20H25N5O2/c1-4-9-25(10-5-2)17-12-16-15(11-14(17)19(26)27)22-20(23-16)24-18-13(3)7-6-8-21-18/h6-8,11-12H,4-5,9-10H2,1-3H3,(H,26,27)(H2,21,22,23,24). The molecule has 0 saturated carbocycles. The van der Waals surface area contributed by atoms with Crippen molar-refractivity contribution in [3.05, 3.63) is 41.6 Å². The van der Waals surface area contributed by atoms with Gasteiger partial charge in [-0.05, 0) is 43.5 Å². The maximum absolute atomic E-state index is 11.8. The number of aromatic nitrogens is 3.